The molecule has 1 fully saturated rings. The fourth-order valence-corrected chi connectivity index (χ4v) is 3.65. The second kappa shape index (κ2) is 9.40. The van der Waals surface area contributed by atoms with Gasteiger partial charge in [-0.05, 0) is 68.1 Å². The molecule has 0 aliphatic carbocycles. The van der Waals surface area contributed by atoms with Crippen molar-refractivity contribution in [3.05, 3.63) is 59.2 Å². The third kappa shape index (κ3) is 5.59. The van der Waals surface area contributed by atoms with Gasteiger partial charge in [0.1, 0.15) is 0 Å². The van der Waals surface area contributed by atoms with Crippen LogP contribution in [-0.2, 0) is 4.79 Å². The summed E-state index contributed by atoms with van der Waals surface area (Å²) in [7, 11) is 0. The normalized spacial score (nSPS) is 14.3. The van der Waals surface area contributed by atoms with E-state index in [0.717, 1.165) is 42.7 Å². The second-order valence-corrected chi connectivity index (χ2v) is 7.57. The number of likely N-dealkylation sites (tertiary alicyclic amines) is 1. The number of aryl methyl sites for hydroxylation is 2. The van der Waals surface area contributed by atoms with Crippen molar-refractivity contribution >= 4 is 23.2 Å². The molecule has 1 heterocycles. The lowest BCUT2D eigenvalue weighted by Gasteiger charge is -2.20. The monoisotopic (exact) mass is 379 g/mol. The average molecular weight is 380 g/mol. The Balaban J connectivity index is 1.58. The van der Waals surface area contributed by atoms with E-state index < -0.39 is 0 Å². The molecule has 5 heteroatoms. The van der Waals surface area contributed by atoms with Crippen LogP contribution in [0.2, 0.25) is 0 Å². The minimum absolute atomic E-state index is 0.0476. The minimum Gasteiger partial charge on any atom is -0.376 e. The number of amides is 2. The molecule has 2 amide bonds. The quantitative estimate of drug-likeness (QED) is 0.811. The average Bonchev–Trinajstić information content (AvgIpc) is 2.95. The number of carbonyl (C=O) groups is 2. The molecule has 148 valence electrons. The van der Waals surface area contributed by atoms with Gasteiger partial charge in [0.05, 0.1) is 6.54 Å². The van der Waals surface area contributed by atoms with Gasteiger partial charge in [0.25, 0.3) is 5.91 Å². The van der Waals surface area contributed by atoms with Crippen molar-refractivity contribution in [2.75, 3.05) is 30.3 Å². The van der Waals surface area contributed by atoms with Crippen LogP contribution in [0.5, 0.6) is 0 Å². The van der Waals surface area contributed by atoms with Gasteiger partial charge in [0, 0.05) is 30.0 Å². The maximum absolute atomic E-state index is 12.8. The molecule has 0 spiro atoms. The highest BCUT2D eigenvalue weighted by Crippen LogP contribution is 2.17. The van der Waals surface area contributed by atoms with E-state index in [4.69, 9.17) is 0 Å². The molecule has 0 radical (unpaired) electrons. The largest absolute Gasteiger partial charge is 0.376 e. The van der Waals surface area contributed by atoms with E-state index in [2.05, 4.69) is 16.7 Å². The maximum atomic E-state index is 12.8. The summed E-state index contributed by atoms with van der Waals surface area (Å²) in [6.07, 6.45) is 4.50. The third-order valence-corrected chi connectivity index (χ3v) is 4.96. The molecule has 3 rings (SSSR count). The number of hydrogen-bond donors (Lipinski definition) is 2. The molecule has 0 saturated carbocycles. The Hall–Kier alpha value is -2.82. The number of carbonyl (C=O) groups excluding carboxylic acids is 2. The Morgan fingerprint density at radius 3 is 2.25 bits per heavy atom. The second-order valence-electron chi connectivity index (χ2n) is 7.57. The van der Waals surface area contributed by atoms with Crippen LogP contribution < -0.4 is 10.6 Å². The van der Waals surface area contributed by atoms with Crippen molar-refractivity contribution in [2.45, 2.75) is 39.5 Å². The van der Waals surface area contributed by atoms with Crippen molar-refractivity contribution in [3.63, 3.8) is 0 Å². The summed E-state index contributed by atoms with van der Waals surface area (Å²) in [5.74, 6) is -0.0927. The summed E-state index contributed by atoms with van der Waals surface area (Å²) in [4.78, 5) is 27.0. The molecule has 1 aliphatic heterocycles. The Kier molecular flexibility index (Phi) is 6.69. The van der Waals surface area contributed by atoms with E-state index in [1.165, 1.54) is 12.8 Å². The zero-order valence-electron chi connectivity index (χ0n) is 16.8. The van der Waals surface area contributed by atoms with Crippen LogP contribution in [-0.4, -0.2) is 36.3 Å². The Bertz CT molecular complexity index is 819. The number of anilines is 2. The predicted molar refractivity (Wildman–Crippen MR) is 114 cm³/mol. The molecular weight excluding hydrogens is 350 g/mol. The summed E-state index contributed by atoms with van der Waals surface area (Å²) in [6, 6.07) is 13.3. The molecule has 0 aromatic heterocycles. The van der Waals surface area contributed by atoms with Crippen LogP contribution in [0.4, 0.5) is 11.4 Å². The molecule has 2 aromatic carbocycles. The summed E-state index contributed by atoms with van der Waals surface area (Å²) < 4.78 is 0. The molecule has 0 bridgehead atoms. The first kappa shape index (κ1) is 19.9. The first-order chi connectivity index (χ1) is 13.5. The van der Waals surface area contributed by atoms with Gasteiger partial charge in [0.2, 0.25) is 5.91 Å². The predicted octanol–water partition coefficient (Wildman–Crippen LogP) is 4.37. The number of rotatable bonds is 5. The van der Waals surface area contributed by atoms with Gasteiger partial charge in [0.15, 0.2) is 0 Å². The third-order valence-electron chi connectivity index (χ3n) is 4.96. The summed E-state index contributed by atoms with van der Waals surface area (Å²) in [5.41, 5.74) is 4.51. The topological polar surface area (TPSA) is 61.4 Å². The fraction of sp³-hybridized carbons (Fsp3) is 0.391. The molecule has 0 atom stereocenters. The van der Waals surface area contributed by atoms with E-state index in [1.54, 1.807) is 6.07 Å². The summed E-state index contributed by atoms with van der Waals surface area (Å²) in [6.45, 7) is 5.87. The lowest BCUT2D eigenvalue weighted by Crippen LogP contribution is -2.31. The van der Waals surface area contributed by atoms with Crippen LogP contribution in [0, 0.1) is 13.8 Å². The maximum Gasteiger partial charge on any atom is 0.253 e. The number of nitrogens with zero attached hydrogens (tertiary/aromatic N) is 1. The fourth-order valence-electron chi connectivity index (χ4n) is 3.65. The standard InChI is InChI=1S/C23H29N3O2/c1-17-12-18(2)14-21(13-17)24-16-22(27)25-20-9-7-8-19(15-20)23(28)26-10-5-3-4-6-11-26/h7-9,12-15,24H,3-6,10-11,16H2,1-2H3,(H,25,27). The SMILES string of the molecule is Cc1cc(C)cc(NCC(=O)Nc2cccc(C(=O)N3CCCCCC3)c2)c1. The Morgan fingerprint density at radius 2 is 1.57 bits per heavy atom. The van der Waals surface area contributed by atoms with Crippen molar-refractivity contribution in [3.8, 4) is 0 Å². The van der Waals surface area contributed by atoms with Crippen molar-refractivity contribution < 1.29 is 9.59 Å². The lowest BCUT2D eigenvalue weighted by molar-refractivity contribution is -0.114. The van der Waals surface area contributed by atoms with Gasteiger partial charge < -0.3 is 15.5 Å². The molecule has 1 saturated heterocycles. The molecule has 1 aliphatic rings. The van der Waals surface area contributed by atoms with Gasteiger partial charge in [-0.3, -0.25) is 9.59 Å². The molecule has 5 nitrogen and oxygen atoms in total. The van der Waals surface area contributed by atoms with Crippen molar-refractivity contribution in [1.82, 2.24) is 4.90 Å². The van der Waals surface area contributed by atoms with E-state index in [-0.39, 0.29) is 18.4 Å². The summed E-state index contributed by atoms with van der Waals surface area (Å²) >= 11 is 0. The van der Waals surface area contributed by atoms with Crippen LogP contribution in [0.25, 0.3) is 0 Å². The first-order valence-corrected chi connectivity index (χ1v) is 10.0. The number of benzene rings is 2. The van der Waals surface area contributed by atoms with Crippen molar-refractivity contribution in [2.24, 2.45) is 0 Å². The van der Waals surface area contributed by atoms with Gasteiger partial charge in [-0.25, -0.2) is 0 Å². The first-order valence-electron chi connectivity index (χ1n) is 10.0. The van der Waals surface area contributed by atoms with E-state index >= 15 is 0 Å². The van der Waals surface area contributed by atoms with Crippen LogP contribution >= 0.6 is 0 Å². The molecule has 28 heavy (non-hydrogen) atoms. The smallest absolute Gasteiger partial charge is 0.253 e. The molecule has 2 N–H and O–H groups in total. The summed E-state index contributed by atoms with van der Waals surface area (Å²) in [5, 5.41) is 6.03. The molecular formula is C23H29N3O2. The van der Waals surface area contributed by atoms with Gasteiger partial charge in [-0.1, -0.05) is 25.0 Å². The van der Waals surface area contributed by atoms with Gasteiger partial charge >= 0.3 is 0 Å². The Morgan fingerprint density at radius 1 is 0.893 bits per heavy atom. The van der Waals surface area contributed by atoms with Gasteiger partial charge in [-0.15, -0.1) is 0 Å². The van der Waals surface area contributed by atoms with Crippen LogP contribution in [0.1, 0.15) is 47.2 Å². The lowest BCUT2D eigenvalue weighted by atomic mass is 10.1. The highest BCUT2D eigenvalue weighted by Gasteiger charge is 2.17. The van der Waals surface area contributed by atoms with Gasteiger partial charge in [-0.2, -0.15) is 0 Å². The zero-order chi connectivity index (χ0) is 19.9. The van der Waals surface area contributed by atoms with E-state index in [0.29, 0.717) is 11.3 Å². The van der Waals surface area contributed by atoms with E-state index in [1.807, 2.05) is 49.1 Å². The Labute approximate surface area is 167 Å². The molecule has 2 aromatic rings. The van der Waals surface area contributed by atoms with Crippen molar-refractivity contribution in [1.29, 1.82) is 0 Å². The highest BCUT2D eigenvalue weighted by atomic mass is 16.2. The molecule has 0 unspecified atom stereocenters. The highest BCUT2D eigenvalue weighted by molar-refractivity contribution is 5.98. The number of hydrogen-bond acceptors (Lipinski definition) is 3. The zero-order valence-corrected chi connectivity index (χ0v) is 16.8. The van der Waals surface area contributed by atoms with Crippen LogP contribution in [0.15, 0.2) is 42.5 Å². The van der Waals surface area contributed by atoms with Crippen LogP contribution in [0.3, 0.4) is 0 Å². The number of nitrogens with one attached hydrogen (secondary N) is 2. The van der Waals surface area contributed by atoms with E-state index in [9.17, 15) is 9.59 Å². The minimum atomic E-state index is -0.140.